The van der Waals surface area contributed by atoms with Gasteiger partial charge in [-0.2, -0.15) is 0 Å². The van der Waals surface area contributed by atoms with E-state index < -0.39 is 0 Å². The highest BCUT2D eigenvalue weighted by Crippen LogP contribution is 2.23. The van der Waals surface area contributed by atoms with E-state index in [1.807, 2.05) is 0 Å². The van der Waals surface area contributed by atoms with Crippen LogP contribution in [0.3, 0.4) is 0 Å². The zero-order valence-electron chi connectivity index (χ0n) is 9.58. The van der Waals surface area contributed by atoms with E-state index in [9.17, 15) is 4.79 Å². The molecule has 0 bridgehead atoms. The van der Waals surface area contributed by atoms with Crippen LogP contribution in [0.15, 0.2) is 0 Å². The van der Waals surface area contributed by atoms with Crippen LogP contribution in [0.25, 0.3) is 0 Å². The first-order chi connectivity index (χ1) is 7.75. The Morgan fingerprint density at radius 3 is 2.56 bits per heavy atom. The summed E-state index contributed by atoms with van der Waals surface area (Å²) in [6, 6.07) is 0.337. The highest BCUT2D eigenvalue weighted by Gasteiger charge is 2.26. The van der Waals surface area contributed by atoms with E-state index >= 15 is 0 Å². The minimum absolute atomic E-state index is 0.0717. The van der Waals surface area contributed by atoms with Crippen LogP contribution in [0.2, 0.25) is 0 Å². The van der Waals surface area contributed by atoms with Gasteiger partial charge < -0.3 is 10.1 Å². The average Bonchev–Trinajstić information content (AvgIpc) is 2.33. The molecule has 1 N–H and O–H groups in total. The van der Waals surface area contributed by atoms with E-state index in [1.165, 1.54) is 0 Å². The maximum Gasteiger partial charge on any atom is 0.225 e. The van der Waals surface area contributed by atoms with Gasteiger partial charge in [-0.25, -0.2) is 0 Å². The van der Waals surface area contributed by atoms with E-state index in [0.717, 1.165) is 45.1 Å². The molecule has 1 amide bonds. The van der Waals surface area contributed by atoms with Gasteiger partial charge in [0.1, 0.15) is 0 Å². The molecular weight excluding hydrogens is 226 g/mol. The molecule has 16 heavy (non-hydrogen) atoms. The first-order valence-corrected chi connectivity index (χ1v) is 6.71. The number of rotatable bonds is 2. The van der Waals surface area contributed by atoms with Crippen molar-refractivity contribution in [3.05, 3.63) is 0 Å². The molecule has 2 aliphatic rings. The van der Waals surface area contributed by atoms with E-state index in [2.05, 4.69) is 5.32 Å². The molecule has 1 atom stereocenters. The Labute approximate surface area is 102 Å². The van der Waals surface area contributed by atoms with Crippen LogP contribution in [0.5, 0.6) is 0 Å². The number of ether oxygens (including phenoxy) is 1. The molecular formula is C12H20ClNO2. The lowest BCUT2D eigenvalue weighted by molar-refractivity contribution is -0.129. The Morgan fingerprint density at radius 2 is 1.94 bits per heavy atom. The summed E-state index contributed by atoms with van der Waals surface area (Å²) in [5.74, 6) is 0.250. The molecule has 1 saturated carbocycles. The Bertz CT molecular complexity index is 233. The maximum atomic E-state index is 11.9. The molecule has 2 rings (SSSR count). The molecule has 92 valence electrons. The normalized spacial score (nSPS) is 35.7. The van der Waals surface area contributed by atoms with Gasteiger partial charge in [0.15, 0.2) is 0 Å². The minimum atomic E-state index is 0.0717. The highest BCUT2D eigenvalue weighted by atomic mass is 35.5. The smallest absolute Gasteiger partial charge is 0.225 e. The molecule has 1 saturated heterocycles. The van der Waals surface area contributed by atoms with Crippen molar-refractivity contribution in [2.45, 2.75) is 49.9 Å². The Morgan fingerprint density at radius 1 is 1.19 bits per heavy atom. The summed E-state index contributed by atoms with van der Waals surface area (Å²) in [4.78, 5) is 11.9. The zero-order chi connectivity index (χ0) is 11.4. The fourth-order valence-electron chi connectivity index (χ4n) is 2.46. The molecule has 0 radical (unpaired) electrons. The van der Waals surface area contributed by atoms with Crippen molar-refractivity contribution in [2.24, 2.45) is 5.92 Å². The molecule has 0 spiro atoms. The molecule has 1 unspecified atom stereocenters. The lowest BCUT2D eigenvalue weighted by atomic mass is 9.93. The van der Waals surface area contributed by atoms with Crippen molar-refractivity contribution in [1.29, 1.82) is 0 Å². The number of carbonyl (C=O) groups excluding carboxylic acids is 1. The van der Waals surface area contributed by atoms with Gasteiger partial charge in [-0.15, -0.1) is 11.6 Å². The second-order valence-corrected chi connectivity index (χ2v) is 5.49. The third-order valence-corrected chi connectivity index (χ3v) is 3.97. The van der Waals surface area contributed by atoms with Gasteiger partial charge in [0.25, 0.3) is 0 Å². The molecule has 1 heterocycles. The summed E-state index contributed by atoms with van der Waals surface area (Å²) >= 11 is 6.03. The van der Waals surface area contributed by atoms with Crippen LogP contribution in [-0.4, -0.2) is 30.5 Å². The van der Waals surface area contributed by atoms with Gasteiger partial charge in [0, 0.05) is 18.0 Å². The number of halogens is 1. The van der Waals surface area contributed by atoms with Crippen LogP contribution in [0.1, 0.15) is 38.5 Å². The van der Waals surface area contributed by atoms with E-state index in [0.29, 0.717) is 18.0 Å². The molecule has 1 aliphatic heterocycles. The first-order valence-electron chi connectivity index (χ1n) is 6.28. The predicted octanol–water partition coefficient (Wildman–Crippen LogP) is 2.08. The molecule has 0 aromatic carbocycles. The van der Waals surface area contributed by atoms with Crippen LogP contribution >= 0.6 is 11.6 Å². The number of amides is 1. The van der Waals surface area contributed by atoms with E-state index in [1.54, 1.807) is 0 Å². The Balaban J connectivity index is 1.73. The van der Waals surface area contributed by atoms with Crippen molar-refractivity contribution >= 4 is 17.5 Å². The summed E-state index contributed by atoms with van der Waals surface area (Å²) in [5.41, 5.74) is 0. The Hall–Kier alpha value is -0.280. The summed E-state index contributed by atoms with van der Waals surface area (Å²) < 4.78 is 5.33. The highest BCUT2D eigenvalue weighted by molar-refractivity contribution is 6.20. The van der Waals surface area contributed by atoms with Crippen molar-refractivity contribution in [2.75, 3.05) is 13.2 Å². The lowest BCUT2D eigenvalue weighted by Gasteiger charge is -2.28. The van der Waals surface area contributed by atoms with Gasteiger partial charge in [0.05, 0.1) is 12.5 Å². The number of hydrogen-bond donors (Lipinski definition) is 1. The number of carbonyl (C=O) groups is 1. The average molecular weight is 246 g/mol. The van der Waals surface area contributed by atoms with Crippen LogP contribution in [0, 0.1) is 5.92 Å². The van der Waals surface area contributed by atoms with Crippen molar-refractivity contribution < 1.29 is 9.53 Å². The lowest BCUT2D eigenvalue weighted by Crippen LogP contribution is -2.43. The topological polar surface area (TPSA) is 38.3 Å². The molecule has 1 aliphatic carbocycles. The van der Waals surface area contributed by atoms with Crippen LogP contribution in [0.4, 0.5) is 0 Å². The molecule has 3 nitrogen and oxygen atoms in total. The van der Waals surface area contributed by atoms with Crippen molar-refractivity contribution in [1.82, 2.24) is 5.32 Å². The predicted molar refractivity (Wildman–Crippen MR) is 63.6 cm³/mol. The van der Waals surface area contributed by atoms with Gasteiger partial charge in [-0.3, -0.25) is 4.79 Å². The van der Waals surface area contributed by atoms with Gasteiger partial charge in [-0.05, 0) is 38.5 Å². The van der Waals surface area contributed by atoms with Crippen molar-refractivity contribution in [3.63, 3.8) is 0 Å². The largest absolute Gasteiger partial charge is 0.381 e. The first kappa shape index (κ1) is 12.2. The SMILES string of the molecule is O=C(NC1CCC(Cl)CC1)C1CCCOC1. The van der Waals surface area contributed by atoms with Crippen LogP contribution in [-0.2, 0) is 9.53 Å². The number of hydrogen-bond acceptors (Lipinski definition) is 2. The second-order valence-electron chi connectivity index (χ2n) is 4.87. The van der Waals surface area contributed by atoms with Gasteiger partial charge in [0.2, 0.25) is 5.91 Å². The summed E-state index contributed by atoms with van der Waals surface area (Å²) in [7, 11) is 0. The summed E-state index contributed by atoms with van der Waals surface area (Å²) in [5, 5.41) is 3.44. The molecule has 2 fully saturated rings. The summed E-state index contributed by atoms with van der Waals surface area (Å²) in [6.45, 7) is 1.40. The fraction of sp³-hybridized carbons (Fsp3) is 0.917. The quantitative estimate of drug-likeness (QED) is 0.757. The van der Waals surface area contributed by atoms with Crippen LogP contribution < -0.4 is 5.32 Å². The molecule has 0 aromatic rings. The zero-order valence-corrected chi connectivity index (χ0v) is 10.3. The fourth-order valence-corrected chi connectivity index (χ4v) is 2.72. The number of nitrogens with one attached hydrogen (secondary N) is 1. The summed E-state index contributed by atoms with van der Waals surface area (Å²) in [6.07, 6.45) is 6.06. The standard InChI is InChI=1S/C12H20ClNO2/c13-10-3-5-11(6-4-10)14-12(15)9-2-1-7-16-8-9/h9-11H,1-8H2,(H,14,15). The minimum Gasteiger partial charge on any atom is -0.381 e. The molecule has 4 heteroatoms. The maximum absolute atomic E-state index is 11.9. The third kappa shape index (κ3) is 3.36. The van der Waals surface area contributed by atoms with E-state index in [4.69, 9.17) is 16.3 Å². The molecule has 0 aromatic heterocycles. The van der Waals surface area contributed by atoms with Gasteiger partial charge >= 0.3 is 0 Å². The van der Waals surface area contributed by atoms with E-state index in [-0.39, 0.29) is 11.8 Å². The second kappa shape index (κ2) is 5.87. The number of alkyl halides is 1. The van der Waals surface area contributed by atoms with Gasteiger partial charge in [-0.1, -0.05) is 0 Å². The third-order valence-electron chi connectivity index (χ3n) is 3.53. The van der Waals surface area contributed by atoms with Crippen molar-refractivity contribution in [3.8, 4) is 0 Å². The Kier molecular flexibility index (Phi) is 4.47. The monoisotopic (exact) mass is 245 g/mol.